The molecule has 11 heteroatoms. The molecule has 0 bridgehead atoms. The van der Waals surface area contributed by atoms with Gasteiger partial charge in [0, 0.05) is 13.1 Å². The predicted molar refractivity (Wildman–Crippen MR) is 142 cm³/mol. The molecule has 4 rings (SSSR count). The summed E-state index contributed by atoms with van der Waals surface area (Å²) in [6, 6.07) is -0.760. The van der Waals surface area contributed by atoms with Crippen LogP contribution in [0.2, 0.25) is 0 Å². The third kappa shape index (κ3) is 8.35. The maximum atomic E-state index is 11.9. The van der Waals surface area contributed by atoms with Crippen LogP contribution in [-0.2, 0) is 14.3 Å². The van der Waals surface area contributed by atoms with Crippen molar-refractivity contribution in [1.82, 2.24) is 9.80 Å². The number of aliphatic hydroxyl groups is 1. The van der Waals surface area contributed by atoms with Gasteiger partial charge in [-0.25, -0.2) is 14.4 Å². The second kappa shape index (κ2) is 11.0. The Balaban J connectivity index is 0.000000332. The molecule has 9 nitrogen and oxygen atoms in total. The molecule has 0 unspecified atom stereocenters. The minimum atomic E-state index is -0.931. The monoisotopic (exact) mass is 536 g/mol. The van der Waals surface area contributed by atoms with Crippen molar-refractivity contribution < 1.29 is 34.1 Å². The zero-order valence-corrected chi connectivity index (χ0v) is 23.8. The second-order valence-corrected chi connectivity index (χ2v) is 12.3. The lowest BCUT2D eigenvalue weighted by molar-refractivity contribution is -0.142. The maximum Gasteiger partial charge on any atom is 0.411 e. The van der Waals surface area contributed by atoms with Crippen molar-refractivity contribution >= 4 is 45.1 Å². The Labute approximate surface area is 222 Å². The smallest absolute Gasteiger partial charge is 0.411 e. The quantitative estimate of drug-likeness (QED) is 0.550. The molecule has 2 aliphatic heterocycles. The molecule has 4 aliphatic rings. The van der Waals surface area contributed by atoms with E-state index in [1.54, 1.807) is 25.7 Å². The zero-order valence-electron chi connectivity index (χ0n) is 21.8. The molecule has 2 atom stereocenters. The van der Waals surface area contributed by atoms with Gasteiger partial charge in [0.15, 0.2) is 0 Å². The van der Waals surface area contributed by atoms with E-state index in [1.807, 2.05) is 20.8 Å². The molecule has 2 heterocycles. The molecule has 0 aromatic carbocycles. The molecule has 2 spiro atoms. The van der Waals surface area contributed by atoms with Gasteiger partial charge < -0.3 is 24.6 Å². The van der Waals surface area contributed by atoms with Gasteiger partial charge in [-0.15, -0.1) is 0 Å². The van der Waals surface area contributed by atoms with E-state index in [1.165, 1.54) is 17.7 Å². The molecule has 0 radical (unpaired) electrons. The molecular formula is C24H44N2O7S2. The minimum absolute atomic E-state index is 0. The molecule has 0 aromatic heterocycles. The lowest BCUT2D eigenvalue weighted by Crippen LogP contribution is -2.43. The van der Waals surface area contributed by atoms with Crippen molar-refractivity contribution in [2.45, 2.75) is 103 Å². The first-order valence-electron chi connectivity index (χ1n) is 11.9. The predicted octanol–water partition coefficient (Wildman–Crippen LogP) is 3.85. The average Bonchev–Trinajstić information content (AvgIpc) is 3.48. The summed E-state index contributed by atoms with van der Waals surface area (Å²) in [6.07, 6.45) is 5.13. The van der Waals surface area contributed by atoms with Crippen LogP contribution in [0.5, 0.6) is 0 Å². The van der Waals surface area contributed by atoms with Gasteiger partial charge in [-0.05, 0) is 90.9 Å². The highest BCUT2D eigenvalue weighted by Gasteiger charge is 2.56. The van der Waals surface area contributed by atoms with Gasteiger partial charge >= 0.3 is 18.2 Å². The van der Waals surface area contributed by atoms with Crippen molar-refractivity contribution in [2.24, 2.45) is 10.8 Å². The number of rotatable bonds is 2. The standard InChI is InChI=1S/C12H19NO4.C12H21NO3.2H2S/c1-11(2,3)17-10(16)13-7-12(4-5-12)6-8(13)9(14)15;1-11(2,3)16-10(15)13-8-12(4-5-12)6-9(13)7-14;;/h8H,4-7H2,1-3H3,(H,14,15);9,14H,4-8H2,1-3H3;2*1H2/t8-;9-;;/m00../s1. The zero-order chi connectivity index (χ0) is 24.8. The van der Waals surface area contributed by atoms with Crippen LogP contribution in [0.4, 0.5) is 9.59 Å². The van der Waals surface area contributed by atoms with Crippen molar-refractivity contribution in [2.75, 3.05) is 19.7 Å². The Kier molecular flexibility index (Phi) is 9.93. The maximum absolute atomic E-state index is 11.9. The van der Waals surface area contributed by atoms with E-state index in [9.17, 15) is 19.5 Å². The number of carboxylic acid groups (broad SMARTS) is 1. The van der Waals surface area contributed by atoms with E-state index in [4.69, 9.17) is 14.6 Å². The summed E-state index contributed by atoms with van der Waals surface area (Å²) in [7, 11) is 0. The summed E-state index contributed by atoms with van der Waals surface area (Å²) in [4.78, 5) is 38.1. The number of carboxylic acids is 1. The highest BCUT2D eigenvalue weighted by atomic mass is 32.1. The van der Waals surface area contributed by atoms with Gasteiger partial charge in [0.05, 0.1) is 12.6 Å². The van der Waals surface area contributed by atoms with Crippen LogP contribution in [0, 0.1) is 10.8 Å². The number of aliphatic carboxylic acids is 1. The summed E-state index contributed by atoms with van der Waals surface area (Å²) in [5.41, 5.74) is -0.667. The van der Waals surface area contributed by atoms with Gasteiger partial charge in [-0.3, -0.25) is 4.90 Å². The summed E-state index contributed by atoms with van der Waals surface area (Å²) < 4.78 is 10.6. The van der Waals surface area contributed by atoms with Crippen LogP contribution in [0.1, 0.15) is 80.1 Å². The number of aliphatic hydroxyl groups excluding tert-OH is 1. The van der Waals surface area contributed by atoms with E-state index in [-0.39, 0.29) is 51.1 Å². The third-order valence-electron chi connectivity index (χ3n) is 6.79. The van der Waals surface area contributed by atoms with Crippen LogP contribution < -0.4 is 0 Å². The normalized spacial score (nSPS) is 25.1. The topological polar surface area (TPSA) is 117 Å². The largest absolute Gasteiger partial charge is 0.480 e. The Morgan fingerprint density at radius 2 is 1.20 bits per heavy atom. The molecule has 35 heavy (non-hydrogen) atoms. The first kappa shape index (κ1) is 31.7. The lowest BCUT2D eigenvalue weighted by atomic mass is 10.0. The second-order valence-electron chi connectivity index (χ2n) is 12.3. The number of hydrogen-bond acceptors (Lipinski definition) is 6. The van der Waals surface area contributed by atoms with Crippen molar-refractivity contribution in [1.29, 1.82) is 0 Å². The Morgan fingerprint density at radius 1 is 0.800 bits per heavy atom. The Morgan fingerprint density at radius 3 is 1.57 bits per heavy atom. The van der Waals surface area contributed by atoms with E-state index in [2.05, 4.69) is 0 Å². The molecule has 2 aliphatic carbocycles. The number of carbonyl (C=O) groups excluding carboxylic acids is 2. The summed E-state index contributed by atoms with van der Waals surface area (Å²) in [5, 5.41) is 18.4. The molecule has 204 valence electrons. The van der Waals surface area contributed by atoms with Gasteiger partial charge in [0.2, 0.25) is 0 Å². The van der Waals surface area contributed by atoms with Crippen LogP contribution in [0.15, 0.2) is 0 Å². The molecule has 2 amide bonds. The van der Waals surface area contributed by atoms with Gasteiger partial charge in [0.1, 0.15) is 17.2 Å². The van der Waals surface area contributed by atoms with Crippen LogP contribution in [0.3, 0.4) is 0 Å². The highest BCUT2D eigenvalue weighted by molar-refractivity contribution is 7.59. The summed E-state index contributed by atoms with van der Waals surface area (Å²) in [6.45, 7) is 12.3. The van der Waals surface area contributed by atoms with E-state index in [0.717, 1.165) is 25.8 Å². The number of hydrogen-bond donors (Lipinski definition) is 2. The number of amides is 2. The van der Waals surface area contributed by atoms with Crippen molar-refractivity contribution in [3.05, 3.63) is 0 Å². The van der Waals surface area contributed by atoms with E-state index < -0.39 is 29.3 Å². The minimum Gasteiger partial charge on any atom is -0.480 e. The van der Waals surface area contributed by atoms with Gasteiger partial charge in [-0.2, -0.15) is 27.0 Å². The molecule has 2 saturated heterocycles. The fourth-order valence-electron chi connectivity index (χ4n) is 4.73. The van der Waals surface area contributed by atoms with Gasteiger partial charge in [0.25, 0.3) is 0 Å². The number of nitrogens with zero attached hydrogens (tertiary/aromatic N) is 2. The number of likely N-dealkylation sites (tertiary alicyclic amines) is 2. The number of carbonyl (C=O) groups is 3. The number of ether oxygens (including phenoxy) is 2. The summed E-state index contributed by atoms with van der Waals surface area (Å²) >= 11 is 0. The van der Waals surface area contributed by atoms with E-state index in [0.29, 0.717) is 18.4 Å². The van der Waals surface area contributed by atoms with Crippen LogP contribution in [0.25, 0.3) is 0 Å². The lowest BCUT2D eigenvalue weighted by Gasteiger charge is -2.27. The Bertz CT molecular complexity index is 786. The fraction of sp³-hybridized carbons (Fsp3) is 0.875. The first-order valence-corrected chi connectivity index (χ1v) is 11.9. The molecule has 2 N–H and O–H groups in total. The van der Waals surface area contributed by atoms with Crippen LogP contribution in [-0.4, -0.2) is 81.2 Å². The molecular weight excluding hydrogens is 492 g/mol. The molecule has 4 fully saturated rings. The van der Waals surface area contributed by atoms with Crippen LogP contribution >= 0.6 is 27.0 Å². The molecule has 2 saturated carbocycles. The fourth-order valence-corrected chi connectivity index (χ4v) is 4.73. The SMILES string of the molecule is CC(C)(C)OC(=O)N1CC2(CC2)C[C@H]1C(=O)O.CC(C)(C)OC(=O)N1CC2(CC2)C[C@H]1CO.S.S. The van der Waals surface area contributed by atoms with Crippen molar-refractivity contribution in [3.63, 3.8) is 0 Å². The average molecular weight is 537 g/mol. The highest BCUT2D eigenvalue weighted by Crippen LogP contribution is 2.55. The van der Waals surface area contributed by atoms with Crippen molar-refractivity contribution in [3.8, 4) is 0 Å². The summed E-state index contributed by atoms with van der Waals surface area (Å²) in [5.74, 6) is -0.931. The molecule has 0 aromatic rings. The first-order chi connectivity index (χ1) is 15.1. The third-order valence-corrected chi connectivity index (χ3v) is 6.79. The van der Waals surface area contributed by atoms with E-state index >= 15 is 0 Å². The Hall–Kier alpha value is -1.33. The van der Waals surface area contributed by atoms with Gasteiger partial charge in [-0.1, -0.05) is 0 Å².